The number of amides is 1. The standard InChI is InChI=1S/C16H24N4O4S/c17-7-1-2-10-25(22,23)20-8-5-13(6-9-20)18-16(21)14-11-15(24-19-14)12-3-4-12/h2,10-13H,1,3-9,17H2,(H,18,21)/b10-2+. The Kier molecular flexibility index (Phi) is 5.55. The quantitative estimate of drug-likeness (QED) is 0.739. The summed E-state index contributed by atoms with van der Waals surface area (Å²) >= 11 is 0. The normalized spacial score (nSPS) is 20.2. The average molecular weight is 368 g/mol. The monoisotopic (exact) mass is 368 g/mol. The minimum atomic E-state index is -3.40. The number of aromatic nitrogens is 1. The Hall–Kier alpha value is -1.71. The van der Waals surface area contributed by atoms with Gasteiger partial charge in [0.05, 0.1) is 0 Å². The average Bonchev–Trinajstić information content (AvgIpc) is 3.32. The smallest absolute Gasteiger partial charge is 0.273 e. The predicted octanol–water partition coefficient (Wildman–Crippen LogP) is 0.939. The number of nitrogens with one attached hydrogen (secondary N) is 1. The van der Waals surface area contributed by atoms with Crippen molar-refractivity contribution >= 4 is 15.9 Å². The summed E-state index contributed by atoms with van der Waals surface area (Å²) in [6.07, 6.45) is 5.43. The molecule has 1 saturated carbocycles. The molecule has 1 aliphatic heterocycles. The summed E-state index contributed by atoms with van der Waals surface area (Å²) in [6, 6.07) is 1.64. The van der Waals surface area contributed by atoms with Crippen molar-refractivity contribution in [3.8, 4) is 0 Å². The molecule has 8 nitrogen and oxygen atoms in total. The minimum absolute atomic E-state index is 0.0620. The van der Waals surface area contributed by atoms with Crippen LogP contribution in [0.3, 0.4) is 0 Å². The first-order valence-electron chi connectivity index (χ1n) is 8.64. The van der Waals surface area contributed by atoms with Crippen molar-refractivity contribution in [1.82, 2.24) is 14.8 Å². The Bertz CT molecular complexity index is 731. The van der Waals surface area contributed by atoms with Crippen molar-refractivity contribution < 1.29 is 17.7 Å². The van der Waals surface area contributed by atoms with E-state index in [4.69, 9.17) is 10.3 Å². The van der Waals surface area contributed by atoms with Gasteiger partial charge in [-0.2, -0.15) is 4.31 Å². The maximum atomic E-state index is 12.2. The van der Waals surface area contributed by atoms with E-state index in [1.165, 1.54) is 9.71 Å². The van der Waals surface area contributed by atoms with E-state index >= 15 is 0 Å². The Morgan fingerprint density at radius 3 is 2.72 bits per heavy atom. The van der Waals surface area contributed by atoms with Crippen LogP contribution in [0, 0.1) is 0 Å². The number of hydrogen-bond acceptors (Lipinski definition) is 6. The van der Waals surface area contributed by atoms with Gasteiger partial charge in [-0.05, 0) is 38.6 Å². The summed E-state index contributed by atoms with van der Waals surface area (Å²) in [4.78, 5) is 12.2. The molecule has 25 heavy (non-hydrogen) atoms. The topological polar surface area (TPSA) is 119 Å². The molecule has 3 N–H and O–H groups in total. The zero-order chi connectivity index (χ0) is 17.9. The second-order valence-corrected chi connectivity index (χ2v) is 8.35. The molecule has 0 radical (unpaired) electrons. The molecule has 9 heteroatoms. The molecule has 0 bridgehead atoms. The molecular weight excluding hydrogens is 344 g/mol. The maximum Gasteiger partial charge on any atom is 0.273 e. The third-order valence-corrected chi connectivity index (χ3v) is 6.11. The van der Waals surface area contributed by atoms with Crippen LogP contribution in [-0.4, -0.2) is 49.5 Å². The van der Waals surface area contributed by atoms with Gasteiger partial charge in [-0.1, -0.05) is 11.2 Å². The molecule has 3 rings (SSSR count). The van der Waals surface area contributed by atoms with Gasteiger partial charge in [0, 0.05) is 36.5 Å². The van der Waals surface area contributed by atoms with Gasteiger partial charge >= 0.3 is 0 Å². The van der Waals surface area contributed by atoms with Gasteiger partial charge in [-0.3, -0.25) is 4.79 Å². The Balaban J connectivity index is 1.49. The molecule has 138 valence electrons. The number of carbonyl (C=O) groups excluding carboxylic acids is 1. The second kappa shape index (κ2) is 7.67. The van der Waals surface area contributed by atoms with E-state index in [0.717, 1.165) is 18.6 Å². The molecule has 0 unspecified atom stereocenters. The summed E-state index contributed by atoms with van der Waals surface area (Å²) in [5.41, 5.74) is 5.65. The molecule has 2 heterocycles. The second-order valence-electron chi connectivity index (χ2n) is 6.53. The molecule has 1 aromatic heterocycles. The lowest BCUT2D eigenvalue weighted by Gasteiger charge is -2.30. The fraction of sp³-hybridized carbons (Fsp3) is 0.625. The van der Waals surface area contributed by atoms with E-state index < -0.39 is 10.0 Å². The lowest BCUT2D eigenvalue weighted by atomic mass is 10.1. The largest absolute Gasteiger partial charge is 0.360 e. The Labute approximate surface area is 147 Å². The number of sulfonamides is 1. The van der Waals surface area contributed by atoms with Crippen LogP contribution in [0.15, 0.2) is 22.1 Å². The summed E-state index contributed by atoms with van der Waals surface area (Å²) in [5.74, 6) is 0.921. The zero-order valence-electron chi connectivity index (χ0n) is 14.1. The highest BCUT2D eigenvalue weighted by Gasteiger charge is 2.30. The number of nitrogens with zero attached hydrogens (tertiary/aromatic N) is 2. The molecule has 1 aromatic rings. The van der Waals surface area contributed by atoms with Gasteiger partial charge < -0.3 is 15.6 Å². The van der Waals surface area contributed by atoms with Crippen LogP contribution in [0.4, 0.5) is 0 Å². The summed E-state index contributed by atoms with van der Waals surface area (Å²) in [6.45, 7) is 1.18. The van der Waals surface area contributed by atoms with Crippen molar-refractivity contribution in [1.29, 1.82) is 0 Å². The minimum Gasteiger partial charge on any atom is -0.360 e. The van der Waals surface area contributed by atoms with E-state index in [9.17, 15) is 13.2 Å². The zero-order valence-corrected chi connectivity index (χ0v) is 14.9. The maximum absolute atomic E-state index is 12.2. The van der Waals surface area contributed by atoms with E-state index in [-0.39, 0.29) is 11.9 Å². The lowest BCUT2D eigenvalue weighted by Crippen LogP contribution is -2.46. The van der Waals surface area contributed by atoms with Crippen LogP contribution in [0.1, 0.15) is 54.3 Å². The molecule has 1 amide bonds. The van der Waals surface area contributed by atoms with Crippen molar-refractivity contribution in [2.24, 2.45) is 5.73 Å². The summed E-state index contributed by atoms with van der Waals surface area (Å²) in [7, 11) is -3.40. The van der Waals surface area contributed by atoms with Gasteiger partial charge in [0.15, 0.2) is 5.69 Å². The first-order valence-corrected chi connectivity index (χ1v) is 10.1. The third kappa shape index (κ3) is 4.68. The lowest BCUT2D eigenvalue weighted by molar-refractivity contribution is 0.0914. The van der Waals surface area contributed by atoms with E-state index in [1.807, 2.05) is 0 Å². The van der Waals surface area contributed by atoms with Crippen molar-refractivity contribution in [2.45, 2.75) is 44.1 Å². The molecule has 2 fully saturated rings. The van der Waals surface area contributed by atoms with Crippen LogP contribution >= 0.6 is 0 Å². The highest BCUT2D eigenvalue weighted by molar-refractivity contribution is 7.92. The van der Waals surface area contributed by atoms with E-state index in [0.29, 0.717) is 50.5 Å². The summed E-state index contributed by atoms with van der Waals surface area (Å²) < 4.78 is 31.0. The molecule has 2 aliphatic rings. The van der Waals surface area contributed by atoms with Crippen LogP contribution in [0.2, 0.25) is 0 Å². The highest BCUT2D eigenvalue weighted by Crippen LogP contribution is 2.40. The van der Waals surface area contributed by atoms with Gasteiger partial charge in [0.2, 0.25) is 10.0 Å². The van der Waals surface area contributed by atoms with Crippen molar-refractivity contribution in [3.63, 3.8) is 0 Å². The number of piperidine rings is 1. The molecular formula is C16H24N4O4S. The predicted molar refractivity (Wildman–Crippen MR) is 92.3 cm³/mol. The van der Waals surface area contributed by atoms with E-state index in [1.54, 1.807) is 12.1 Å². The van der Waals surface area contributed by atoms with Crippen LogP contribution in [0.5, 0.6) is 0 Å². The van der Waals surface area contributed by atoms with Crippen LogP contribution in [-0.2, 0) is 10.0 Å². The molecule has 0 atom stereocenters. The van der Waals surface area contributed by atoms with Gasteiger partial charge in [0.25, 0.3) is 5.91 Å². The number of rotatable bonds is 7. The van der Waals surface area contributed by atoms with Gasteiger partial charge in [-0.15, -0.1) is 0 Å². The van der Waals surface area contributed by atoms with Crippen LogP contribution < -0.4 is 11.1 Å². The van der Waals surface area contributed by atoms with Crippen molar-refractivity contribution in [2.75, 3.05) is 19.6 Å². The first kappa shape index (κ1) is 18.1. The number of carbonyl (C=O) groups is 1. The molecule has 1 saturated heterocycles. The molecule has 1 aliphatic carbocycles. The summed E-state index contributed by atoms with van der Waals surface area (Å²) in [5, 5.41) is 7.96. The van der Waals surface area contributed by atoms with Gasteiger partial charge in [-0.25, -0.2) is 8.42 Å². The fourth-order valence-corrected chi connectivity index (χ4v) is 4.11. The first-order chi connectivity index (χ1) is 12.0. The number of nitrogens with two attached hydrogens (primary N) is 1. The Morgan fingerprint density at radius 2 is 2.08 bits per heavy atom. The fourth-order valence-electron chi connectivity index (χ4n) is 2.84. The third-order valence-electron chi connectivity index (χ3n) is 4.49. The highest BCUT2D eigenvalue weighted by atomic mass is 32.2. The molecule has 0 aromatic carbocycles. The SMILES string of the molecule is NCC/C=C/S(=O)(=O)N1CCC(NC(=O)c2cc(C3CC3)on2)CC1. The van der Waals surface area contributed by atoms with Crippen molar-refractivity contribution in [3.05, 3.63) is 29.0 Å². The molecule has 0 spiro atoms. The van der Waals surface area contributed by atoms with Gasteiger partial charge in [0.1, 0.15) is 5.76 Å². The van der Waals surface area contributed by atoms with E-state index in [2.05, 4.69) is 10.5 Å². The Morgan fingerprint density at radius 1 is 1.36 bits per heavy atom. The van der Waals surface area contributed by atoms with Crippen LogP contribution in [0.25, 0.3) is 0 Å². The number of hydrogen-bond donors (Lipinski definition) is 2.